The normalized spacial score (nSPS) is 17.2. The molecule has 1 aliphatic heterocycles. The van der Waals surface area contributed by atoms with Gasteiger partial charge in [-0.1, -0.05) is 36.4 Å². The van der Waals surface area contributed by atoms with Crippen molar-refractivity contribution in [2.24, 2.45) is 5.92 Å². The molecule has 1 fully saturated rings. The number of hydrogen-bond donors (Lipinski definition) is 1. The van der Waals surface area contributed by atoms with E-state index < -0.39 is 5.82 Å². The lowest BCUT2D eigenvalue weighted by atomic mass is 9.96. The molecule has 1 aromatic heterocycles. The maximum Gasteiger partial charge on any atom is 0.271 e. The first-order chi connectivity index (χ1) is 15.0. The molecule has 2 unspecified atom stereocenters. The predicted octanol–water partition coefficient (Wildman–Crippen LogP) is 3.47. The molecule has 6 nitrogen and oxygen atoms in total. The van der Waals surface area contributed by atoms with Gasteiger partial charge in [0, 0.05) is 19.2 Å². The third-order valence-electron chi connectivity index (χ3n) is 5.61. The average molecular weight is 420 g/mol. The molecule has 7 heteroatoms. The minimum absolute atomic E-state index is 0.0134. The van der Waals surface area contributed by atoms with Crippen molar-refractivity contribution in [3.63, 3.8) is 0 Å². The Labute approximate surface area is 180 Å². The number of carbonyl (C=O) groups excluding carboxylic acids is 1. The van der Waals surface area contributed by atoms with Gasteiger partial charge in [0.1, 0.15) is 11.6 Å². The number of nitrogens with one attached hydrogen (secondary N) is 1. The molecule has 2 aromatic carbocycles. The number of aromatic nitrogens is 2. The highest BCUT2D eigenvalue weighted by Gasteiger charge is 2.28. The molecule has 160 valence electrons. The number of halogens is 1. The van der Waals surface area contributed by atoms with E-state index in [2.05, 4.69) is 10.4 Å². The van der Waals surface area contributed by atoms with Crippen LogP contribution in [0.2, 0.25) is 0 Å². The first-order valence-electron chi connectivity index (χ1n) is 10.5. The van der Waals surface area contributed by atoms with E-state index in [0.29, 0.717) is 18.1 Å². The molecule has 2 atom stereocenters. The standard InChI is InChI=1S/C24H25FN4O2/c1-17(18-7-3-2-4-8-18)26-24(31)19-9-6-14-28(16-19)22-12-13-23(30)29(27-22)21-11-5-10-20(25)15-21/h2-5,7-8,10-13,15,17,19H,6,9,14,16H2,1H3,(H,26,31). The van der Waals surface area contributed by atoms with E-state index in [1.165, 1.54) is 22.9 Å². The molecule has 0 spiro atoms. The Hall–Kier alpha value is -3.48. The number of rotatable bonds is 5. The van der Waals surface area contributed by atoms with E-state index in [-0.39, 0.29) is 23.4 Å². The fourth-order valence-electron chi connectivity index (χ4n) is 3.92. The maximum atomic E-state index is 13.6. The molecule has 0 aliphatic carbocycles. The van der Waals surface area contributed by atoms with Gasteiger partial charge < -0.3 is 10.2 Å². The molecule has 3 aromatic rings. The summed E-state index contributed by atoms with van der Waals surface area (Å²) in [4.78, 5) is 27.2. The van der Waals surface area contributed by atoms with Crippen molar-refractivity contribution in [2.75, 3.05) is 18.0 Å². The number of amides is 1. The molecule has 0 radical (unpaired) electrons. The summed E-state index contributed by atoms with van der Waals surface area (Å²) in [5.74, 6) is 0.00656. The van der Waals surface area contributed by atoms with Crippen LogP contribution in [0.5, 0.6) is 0 Å². The number of carbonyl (C=O) groups is 1. The zero-order valence-corrected chi connectivity index (χ0v) is 17.4. The second-order valence-electron chi connectivity index (χ2n) is 7.85. The van der Waals surface area contributed by atoms with Crippen molar-refractivity contribution in [1.29, 1.82) is 0 Å². The van der Waals surface area contributed by atoms with Crippen LogP contribution in [0.3, 0.4) is 0 Å². The maximum absolute atomic E-state index is 13.6. The van der Waals surface area contributed by atoms with Gasteiger partial charge in [-0.3, -0.25) is 9.59 Å². The number of benzene rings is 2. The van der Waals surface area contributed by atoms with E-state index in [1.807, 2.05) is 42.2 Å². The first kappa shape index (κ1) is 20.8. The monoisotopic (exact) mass is 420 g/mol. The summed E-state index contributed by atoms with van der Waals surface area (Å²) in [6.07, 6.45) is 1.64. The van der Waals surface area contributed by atoms with E-state index in [9.17, 15) is 14.0 Å². The fraction of sp³-hybridized carbons (Fsp3) is 0.292. The third-order valence-corrected chi connectivity index (χ3v) is 5.61. The van der Waals surface area contributed by atoms with Gasteiger partial charge in [0.2, 0.25) is 5.91 Å². The van der Waals surface area contributed by atoms with Crippen molar-refractivity contribution >= 4 is 11.7 Å². The molecule has 1 aliphatic rings. The summed E-state index contributed by atoms with van der Waals surface area (Å²) in [5.41, 5.74) is 1.10. The van der Waals surface area contributed by atoms with Crippen LogP contribution in [-0.2, 0) is 4.79 Å². The highest BCUT2D eigenvalue weighted by molar-refractivity contribution is 5.80. The van der Waals surface area contributed by atoms with E-state index in [1.54, 1.807) is 18.2 Å². The topological polar surface area (TPSA) is 67.2 Å². The lowest BCUT2D eigenvalue weighted by Gasteiger charge is -2.33. The number of nitrogens with zero attached hydrogens (tertiary/aromatic N) is 3. The van der Waals surface area contributed by atoms with Crippen molar-refractivity contribution < 1.29 is 9.18 Å². The van der Waals surface area contributed by atoms with Crippen molar-refractivity contribution in [3.05, 3.63) is 88.5 Å². The highest BCUT2D eigenvalue weighted by atomic mass is 19.1. The second-order valence-corrected chi connectivity index (χ2v) is 7.85. The number of anilines is 1. The quantitative estimate of drug-likeness (QED) is 0.686. The predicted molar refractivity (Wildman–Crippen MR) is 118 cm³/mol. The molecular weight excluding hydrogens is 395 g/mol. The van der Waals surface area contributed by atoms with Gasteiger partial charge in [-0.05, 0) is 49.6 Å². The minimum atomic E-state index is -0.432. The van der Waals surface area contributed by atoms with Gasteiger partial charge >= 0.3 is 0 Å². The summed E-state index contributed by atoms with van der Waals surface area (Å²) in [6, 6.07) is 18.6. The fourth-order valence-corrected chi connectivity index (χ4v) is 3.92. The summed E-state index contributed by atoms with van der Waals surface area (Å²) in [6.45, 7) is 3.23. The zero-order valence-electron chi connectivity index (χ0n) is 17.4. The first-order valence-corrected chi connectivity index (χ1v) is 10.5. The van der Waals surface area contributed by atoms with Gasteiger partial charge in [-0.2, -0.15) is 4.68 Å². The summed E-state index contributed by atoms with van der Waals surface area (Å²) in [7, 11) is 0. The lowest BCUT2D eigenvalue weighted by Crippen LogP contribution is -2.44. The highest BCUT2D eigenvalue weighted by Crippen LogP contribution is 2.23. The SMILES string of the molecule is CC(NC(=O)C1CCCN(c2ccc(=O)n(-c3cccc(F)c3)n2)C1)c1ccccc1. The largest absolute Gasteiger partial charge is 0.354 e. The molecule has 2 heterocycles. The lowest BCUT2D eigenvalue weighted by molar-refractivity contribution is -0.125. The Morgan fingerprint density at radius 2 is 1.94 bits per heavy atom. The molecule has 1 saturated heterocycles. The van der Waals surface area contributed by atoms with Crippen molar-refractivity contribution in [3.8, 4) is 5.69 Å². The van der Waals surface area contributed by atoms with Gasteiger partial charge in [0.25, 0.3) is 5.56 Å². The van der Waals surface area contributed by atoms with Gasteiger partial charge in [-0.25, -0.2) is 4.39 Å². The van der Waals surface area contributed by atoms with E-state index in [4.69, 9.17) is 0 Å². The van der Waals surface area contributed by atoms with Gasteiger partial charge in [-0.15, -0.1) is 5.10 Å². The Morgan fingerprint density at radius 1 is 1.13 bits per heavy atom. The molecular formula is C24H25FN4O2. The summed E-state index contributed by atoms with van der Waals surface area (Å²) in [5, 5.41) is 7.55. The molecule has 4 rings (SSSR count). The Bertz CT molecular complexity index is 1120. The van der Waals surface area contributed by atoms with Crippen LogP contribution in [0.4, 0.5) is 10.2 Å². The Kier molecular flexibility index (Phi) is 6.11. The molecule has 31 heavy (non-hydrogen) atoms. The minimum Gasteiger partial charge on any atom is -0.354 e. The second kappa shape index (κ2) is 9.12. The third kappa shape index (κ3) is 4.82. The van der Waals surface area contributed by atoms with Gasteiger partial charge in [0.05, 0.1) is 17.6 Å². The smallest absolute Gasteiger partial charge is 0.271 e. The number of piperidine rings is 1. The summed E-state index contributed by atoms with van der Waals surface area (Å²) >= 11 is 0. The number of hydrogen-bond acceptors (Lipinski definition) is 4. The molecule has 1 amide bonds. The molecule has 1 N–H and O–H groups in total. The van der Waals surface area contributed by atoms with Crippen LogP contribution in [0.25, 0.3) is 5.69 Å². The van der Waals surface area contributed by atoms with Crippen LogP contribution >= 0.6 is 0 Å². The van der Waals surface area contributed by atoms with Crippen LogP contribution in [0, 0.1) is 11.7 Å². The molecule has 0 saturated carbocycles. The Balaban J connectivity index is 1.49. The van der Waals surface area contributed by atoms with Crippen molar-refractivity contribution in [2.45, 2.75) is 25.8 Å². The van der Waals surface area contributed by atoms with Gasteiger partial charge in [0.15, 0.2) is 0 Å². The van der Waals surface area contributed by atoms with Crippen LogP contribution in [-0.4, -0.2) is 28.8 Å². The van der Waals surface area contributed by atoms with Crippen LogP contribution in [0.1, 0.15) is 31.4 Å². The van der Waals surface area contributed by atoms with E-state index in [0.717, 1.165) is 24.9 Å². The van der Waals surface area contributed by atoms with E-state index >= 15 is 0 Å². The average Bonchev–Trinajstić information content (AvgIpc) is 2.80. The zero-order chi connectivity index (χ0) is 21.8. The Morgan fingerprint density at radius 3 is 2.71 bits per heavy atom. The van der Waals surface area contributed by atoms with Crippen LogP contribution in [0.15, 0.2) is 71.5 Å². The molecule has 0 bridgehead atoms. The van der Waals surface area contributed by atoms with Crippen LogP contribution < -0.4 is 15.8 Å². The summed E-state index contributed by atoms with van der Waals surface area (Å²) < 4.78 is 14.8. The van der Waals surface area contributed by atoms with Crippen molar-refractivity contribution in [1.82, 2.24) is 15.1 Å².